The minimum Gasteiger partial charge on any atom is -0.478 e. The van der Waals surface area contributed by atoms with Crippen LogP contribution in [0, 0.1) is 6.92 Å². The summed E-state index contributed by atoms with van der Waals surface area (Å²) in [4.78, 5) is 12.3. The molecule has 0 fully saturated rings. The highest BCUT2D eigenvalue weighted by atomic mass is 32.1. The van der Waals surface area contributed by atoms with Crippen molar-refractivity contribution in [3.05, 3.63) is 93.9 Å². The number of carboxylic acids is 1. The molecule has 1 aromatic heterocycles. The number of carboxylic acid groups (broad SMARTS) is 1. The molecule has 4 rings (SSSR count). The molecule has 0 saturated heterocycles. The maximum absolute atomic E-state index is 13.0. The predicted octanol–water partition coefficient (Wildman–Crippen LogP) is 7.18. The molecule has 0 unspecified atom stereocenters. The van der Waals surface area contributed by atoms with Crippen LogP contribution >= 0.6 is 11.3 Å². The van der Waals surface area contributed by atoms with E-state index in [0.29, 0.717) is 12.0 Å². The lowest BCUT2D eigenvalue weighted by molar-refractivity contribution is -0.137. The topological polar surface area (TPSA) is 37.3 Å². The van der Waals surface area contributed by atoms with Gasteiger partial charge in [0, 0.05) is 16.0 Å². The lowest BCUT2D eigenvalue weighted by Gasteiger charge is -2.08. The van der Waals surface area contributed by atoms with E-state index in [2.05, 4.69) is 0 Å². The summed E-state index contributed by atoms with van der Waals surface area (Å²) in [6, 6.07) is 18.0. The minimum absolute atomic E-state index is 0.210. The Morgan fingerprint density at radius 1 is 1.00 bits per heavy atom. The molecule has 30 heavy (non-hydrogen) atoms. The fourth-order valence-electron chi connectivity index (χ4n) is 3.55. The summed E-state index contributed by atoms with van der Waals surface area (Å²) in [5.41, 5.74) is 2.91. The summed E-state index contributed by atoms with van der Waals surface area (Å²) in [5.74, 6) is -0.989. The summed E-state index contributed by atoms with van der Waals surface area (Å²) < 4.78 is 40.1. The normalized spacial score (nSPS) is 11.7. The van der Waals surface area contributed by atoms with Crippen molar-refractivity contribution < 1.29 is 23.1 Å². The second-order valence-corrected chi connectivity index (χ2v) is 8.20. The van der Waals surface area contributed by atoms with Crippen molar-refractivity contribution in [3.8, 4) is 11.1 Å². The first kappa shape index (κ1) is 20.2. The van der Waals surface area contributed by atoms with Gasteiger partial charge in [-0.15, -0.1) is 11.3 Å². The number of halogens is 3. The van der Waals surface area contributed by atoms with Crippen LogP contribution in [0.2, 0.25) is 0 Å². The third-order valence-electron chi connectivity index (χ3n) is 5.10. The van der Waals surface area contributed by atoms with E-state index in [1.54, 1.807) is 24.3 Å². The first-order valence-electron chi connectivity index (χ1n) is 9.25. The molecule has 4 aromatic rings. The molecule has 0 bridgehead atoms. The Balaban J connectivity index is 1.78. The van der Waals surface area contributed by atoms with Gasteiger partial charge >= 0.3 is 12.1 Å². The highest BCUT2D eigenvalue weighted by Gasteiger charge is 2.30. The van der Waals surface area contributed by atoms with E-state index < -0.39 is 17.7 Å². The van der Waals surface area contributed by atoms with Crippen LogP contribution in [0.1, 0.15) is 31.9 Å². The third-order valence-corrected chi connectivity index (χ3v) is 6.44. The van der Waals surface area contributed by atoms with Gasteiger partial charge in [0.1, 0.15) is 0 Å². The quantitative estimate of drug-likeness (QED) is 0.375. The molecule has 0 amide bonds. The largest absolute Gasteiger partial charge is 0.478 e. The summed E-state index contributed by atoms with van der Waals surface area (Å²) in [7, 11) is 0. The van der Waals surface area contributed by atoms with Crippen LogP contribution in [0.15, 0.2) is 66.7 Å². The van der Waals surface area contributed by atoms with Crippen molar-refractivity contribution in [1.82, 2.24) is 0 Å². The molecule has 1 N–H and O–H groups in total. The average Bonchev–Trinajstić information content (AvgIpc) is 3.03. The van der Waals surface area contributed by atoms with E-state index in [9.17, 15) is 23.1 Å². The van der Waals surface area contributed by atoms with Gasteiger partial charge in [-0.2, -0.15) is 13.2 Å². The number of alkyl halides is 3. The Hall–Kier alpha value is -3.12. The van der Waals surface area contributed by atoms with E-state index in [1.165, 1.54) is 23.5 Å². The zero-order chi connectivity index (χ0) is 21.5. The maximum atomic E-state index is 13.0. The average molecular weight is 426 g/mol. The van der Waals surface area contributed by atoms with Crippen molar-refractivity contribution in [2.24, 2.45) is 0 Å². The van der Waals surface area contributed by atoms with Crippen LogP contribution in [-0.4, -0.2) is 11.1 Å². The van der Waals surface area contributed by atoms with Crippen LogP contribution < -0.4 is 0 Å². The van der Waals surface area contributed by atoms with E-state index in [-0.39, 0.29) is 5.56 Å². The van der Waals surface area contributed by atoms with Gasteiger partial charge in [0.2, 0.25) is 0 Å². The van der Waals surface area contributed by atoms with Crippen LogP contribution in [0.3, 0.4) is 0 Å². The van der Waals surface area contributed by atoms with Gasteiger partial charge in [-0.3, -0.25) is 0 Å². The zero-order valence-corrected chi connectivity index (χ0v) is 16.8. The molecule has 0 atom stereocenters. The monoisotopic (exact) mass is 426 g/mol. The second-order valence-electron chi connectivity index (χ2n) is 7.09. The number of hydrogen-bond donors (Lipinski definition) is 1. The minimum atomic E-state index is -4.37. The standard InChI is InChI=1S/C24H17F3O2S/c1-14-19-9-4-10-20(16-6-3-7-17(13-16)23(28)29)22(19)30-21(14)12-15-5-2-8-18(11-15)24(25,26)27/h2-11,13H,12H2,1H3,(H,28,29). The fourth-order valence-corrected chi connectivity index (χ4v) is 4.93. The Morgan fingerprint density at radius 3 is 2.47 bits per heavy atom. The Morgan fingerprint density at radius 2 is 1.73 bits per heavy atom. The molecule has 0 aliphatic rings. The molecule has 0 radical (unpaired) electrons. The SMILES string of the molecule is Cc1c(Cc2cccc(C(F)(F)F)c2)sc2c(-c3cccc(C(=O)O)c3)cccc12. The van der Waals surface area contributed by atoms with Crippen molar-refractivity contribution >= 4 is 27.4 Å². The highest BCUT2D eigenvalue weighted by molar-refractivity contribution is 7.19. The molecular weight excluding hydrogens is 409 g/mol. The van der Waals surface area contributed by atoms with Gasteiger partial charge in [-0.25, -0.2) is 4.79 Å². The summed E-state index contributed by atoms with van der Waals surface area (Å²) >= 11 is 1.54. The summed E-state index contributed by atoms with van der Waals surface area (Å²) in [6.45, 7) is 1.97. The van der Waals surface area contributed by atoms with Crippen LogP contribution in [0.4, 0.5) is 13.2 Å². The summed E-state index contributed by atoms with van der Waals surface area (Å²) in [6.07, 6.45) is -3.96. The molecule has 152 valence electrons. The number of rotatable bonds is 4. The van der Waals surface area contributed by atoms with E-state index in [0.717, 1.165) is 37.7 Å². The summed E-state index contributed by atoms with van der Waals surface area (Å²) in [5, 5.41) is 10.3. The van der Waals surface area contributed by atoms with Crippen molar-refractivity contribution in [3.63, 3.8) is 0 Å². The molecule has 3 aromatic carbocycles. The van der Waals surface area contributed by atoms with Crippen LogP contribution in [0.25, 0.3) is 21.2 Å². The Labute approximate surface area is 175 Å². The van der Waals surface area contributed by atoms with Crippen LogP contribution in [0.5, 0.6) is 0 Å². The number of hydrogen-bond acceptors (Lipinski definition) is 2. The van der Waals surface area contributed by atoms with Crippen LogP contribution in [-0.2, 0) is 12.6 Å². The molecule has 0 aliphatic carbocycles. The molecule has 0 spiro atoms. The molecule has 2 nitrogen and oxygen atoms in total. The van der Waals surface area contributed by atoms with Gasteiger partial charge in [0.05, 0.1) is 11.1 Å². The fraction of sp³-hybridized carbons (Fsp3) is 0.125. The smallest absolute Gasteiger partial charge is 0.416 e. The molecule has 1 heterocycles. The number of thiophene rings is 1. The van der Waals surface area contributed by atoms with Gasteiger partial charge in [0.25, 0.3) is 0 Å². The Bertz CT molecular complexity index is 1260. The molecule has 0 aliphatic heterocycles. The Kier molecular flexibility index (Phi) is 5.12. The first-order valence-corrected chi connectivity index (χ1v) is 10.1. The van der Waals surface area contributed by atoms with E-state index in [4.69, 9.17) is 0 Å². The molecule has 6 heteroatoms. The third kappa shape index (κ3) is 3.83. The number of carbonyl (C=O) groups is 1. The predicted molar refractivity (Wildman–Crippen MR) is 113 cm³/mol. The lowest BCUT2D eigenvalue weighted by atomic mass is 9.99. The highest BCUT2D eigenvalue weighted by Crippen LogP contribution is 2.39. The van der Waals surface area contributed by atoms with Gasteiger partial charge in [0.15, 0.2) is 0 Å². The van der Waals surface area contributed by atoms with E-state index >= 15 is 0 Å². The number of aryl methyl sites for hydroxylation is 1. The lowest BCUT2D eigenvalue weighted by Crippen LogP contribution is -2.05. The number of aromatic carboxylic acids is 1. The first-order chi connectivity index (χ1) is 14.2. The van der Waals surface area contributed by atoms with Gasteiger partial charge < -0.3 is 5.11 Å². The van der Waals surface area contributed by atoms with E-state index in [1.807, 2.05) is 31.2 Å². The van der Waals surface area contributed by atoms with Gasteiger partial charge in [-0.1, -0.05) is 48.5 Å². The van der Waals surface area contributed by atoms with Crippen molar-refractivity contribution in [2.45, 2.75) is 19.5 Å². The van der Waals surface area contributed by atoms with Crippen molar-refractivity contribution in [2.75, 3.05) is 0 Å². The maximum Gasteiger partial charge on any atom is 0.416 e. The number of fused-ring (bicyclic) bond motifs is 1. The van der Waals surface area contributed by atoms with Gasteiger partial charge in [-0.05, 0) is 52.8 Å². The second kappa shape index (κ2) is 7.61. The molecule has 0 saturated carbocycles. The molecular formula is C24H17F3O2S. The zero-order valence-electron chi connectivity index (χ0n) is 16.0. The number of benzene rings is 3. The van der Waals surface area contributed by atoms with Crippen molar-refractivity contribution in [1.29, 1.82) is 0 Å².